The van der Waals surface area contributed by atoms with Crippen LogP contribution in [0.25, 0.3) is 11.1 Å². The molecule has 112 valence electrons. The topological polar surface area (TPSA) is 101 Å². The van der Waals surface area contributed by atoms with Crippen LogP contribution in [0.5, 0.6) is 0 Å². The summed E-state index contributed by atoms with van der Waals surface area (Å²) in [6.07, 6.45) is 3.49. The third-order valence-electron chi connectivity index (χ3n) is 3.94. The number of aromatic nitrogens is 1. The van der Waals surface area contributed by atoms with Gasteiger partial charge in [0.1, 0.15) is 5.52 Å². The number of nitro groups is 1. The van der Waals surface area contributed by atoms with E-state index < -0.39 is 4.92 Å². The molecule has 1 fully saturated rings. The van der Waals surface area contributed by atoms with Gasteiger partial charge in [0.15, 0.2) is 5.58 Å². The number of nitrogens with zero attached hydrogens (tertiary/aromatic N) is 2. The van der Waals surface area contributed by atoms with Gasteiger partial charge in [-0.15, -0.1) is 0 Å². The smallest absolute Gasteiger partial charge is 0.295 e. The fraction of sp³-hybridized carbons (Fsp3) is 0.500. The minimum atomic E-state index is -0.456. The number of nitrogens with one attached hydrogen (secondary N) is 1. The number of hydrogen-bond acceptors (Lipinski definition) is 6. The largest absolute Gasteiger partial charge is 0.423 e. The molecule has 1 heterocycles. The lowest BCUT2D eigenvalue weighted by atomic mass is 9.87. The highest BCUT2D eigenvalue weighted by Crippen LogP contribution is 2.26. The molecular weight excluding hydrogens is 274 g/mol. The van der Waals surface area contributed by atoms with Crippen LogP contribution in [0, 0.1) is 16.0 Å². The van der Waals surface area contributed by atoms with Crippen LogP contribution < -0.4 is 5.32 Å². The number of aliphatic hydroxyl groups is 1. The zero-order valence-electron chi connectivity index (χ0n) is 11.5. The van der Waals surface area contributed by atoms with Gasteiger partial charge in [-0.2, -0.15) is 4.98 Å². The van der Waals surface area contributed by atoms with Crippen LogP contribution in [0.1, 0.15) is 25.7 Å². The molecule has 0 saturated heterocycles. The van der Waals surface area contributed by atoms with Gasteiger partial charge in [-0.1, -0.05) is 0 Å². The Balaban J connectivity index is 1.66. The number of oxazole rings is 1. The van der Waals surface area contributed by atoms with E-state index in [2.05, 4.69) is 10.3 Å². The van der Waals surface area contributed by atoms with Crippen molar-refractivity contribution in [2.24, 2.45) is 5.92 Å². The number of aliphatic hydroxyl groups excluding tert-OH is 1. The van der Waals surface area contributed by atoms with Gasteiger partial charge < -0.3 is 14.8 Å². The van der Waals surface area contributed by atoms with Crippen LogP contribution in [-0.2, 0) is 0 Å². The summed E-state index contributed by atoms with van der Waals surface area (Å²) in [6, 6.07) is 4.76. The summed E-state index contributed by atoms with van der Waals surface area (Å²) in [7, 11) is 0. The quantitative estimate of drug-likeness (QED) is 0.663. The van der Waals surface area contributed by atoms with Gasteiger partial charge in [-0.25, -0.2) is 0 Å². The molecule has 21 heavy (non-hydrogen) atoms. The molecule has 0 unspecified atom stereocenters. The first kappa shape index (κ1) is 13.8. The Bertz CT molecular complexity index is 647. The van der Waals surface area contributed by atoms with E-state index in [0.717, 1.165) is 32.2 Å². The van der Waals surface area contributed by atoms with Crippen molar-refractivity contribution in [3.63, 3.8) is 0 Å². The molecular formula is C14H17N3O4. The fourth-order valence-electron chi connectivity index (χ4n) is 2.68. The van der Waals surface area contributed by atoms with Crippen molar-refractivity contribution in [2.45, 2.75) is 31.8 Å². The Morgan fingerprint density at radius 2 is 2.14 bits per heavy atom. The predicted molar refractivity (Wildman–Crippen MR) is 77.1 cm³/mol. The van der Waals surface area contributed by atoms with E-state index in [1.165, 1.54) is 12.1 Å². The maximum absolute atomic E-state index is 10.7. The van der Waals surface area contributed by atoms with Crippen LogP contribution in [0.4, 0.5) is 11.7 Å². The van der Waals surface area contributed by atoms with Crippen molar-refractivity contribution in [2.75, 3.05) is 11.9 Å². The first-order chi connectivity index (χ1) is 10.1. The van der Waals surface area contributed by atoms with Gasteiger partial charge in [-0.3, -0.25) is 10.1 Å². The summed E-state index contributed by atoms with van der Waals surface area (Å²) in [6.45, 7) is 0.738. The zero-order valence-corrected chi connectivity index (χ0v) is 11.5. The molecule has 2 N–H and O–H groups in total. The molecule has 0 radical (unpaired) electrons. The summed E-state index contributed by atoms with van der Waals surface area (Å²) >= 11 is 0. The lowest BCUT2D eigenvalue weighted by molar-refractivity contribution is -0.384. The van der Waals surface area contributed by atoms with Gasteiger partial charge >= 0.3 is 0 Å². The lowest BCUT2D eigenvalue weighted by Crippen LogP contribution is -2.23. The molecule has 0 aliphatic heterocycles. The highest BCUT2D eigenvalue weighted by atomic mass is 16.6. The maximum Gasteiger partial charge on any atom is 0.295 e. The fourth-order valence-corrected chi connectivity index (χ4v) is 2.68. The molecule has 2 aromatic rings. The lowest BCUT2D eigenvalue weighted by Gasteiger charge is -2.25. The van der Waals surface area contributed by atoms with Crippen molar-refractivity contribution < 1.29 is 14.4 Å². The molecule has 0 amide bonds. The second-order valence-corrected chi connectivity index (χ2v) is 5.48. The summed E-state index contributed by atoms with van der Waals surface area (Å²) in [5.74, 6) is 0.498. The Kier molecular flexibility index (Phi) is 3.74. The Hall–Kier alpha value is -2.15. The van der Waals surface area contributed by atoms with E-state index in [1.54, 1.807) is 6.07 Å². The average molecular weight is 291 g/mol. The molecule has 1 saturated carbocycles. The first-order valence-electron chi connectivity index (χ1n) is 7.09. The van der Waals surface area contributed by atoms with Crippen molar-refractivity contribution in [1.29, 1.82) is 0 Å². The van der Waals surface area contributed by atoms with Crippen molar-refractivity contribution >= 4 is 22.8 Å². The molecule has 1 aromatic carbocycles. The number of fused-ring (bicyclic) bond motifs is 1. The van der Waals surface area contributed by atoms with Gasteiger partial charge in [0.05, 0.1) is 17.1 Å². The van der Waals surface area contributed by atoms with Gasteiger partial charge in [0.25, 0.3) is 11.7 Å². The SMILES string of the molecule is O=[N+]([O-])c1ccc2nc(NCC3CCC(O)CC3)oc2c1. The molecule has 7 nitrogen and oxygen atoms in total. The van der Waals surface area contributed by atoms with Crippen LogP contribution >= 0.6 is 0 Å². The van der Waals surface area contributed by atoms with E-state index in [-0.39, 0.29) is 11.8 Å². The minimum absolute atomic E-state index is 0.00790. The maximum atomic E-state index is 10.7. The number of benzene rings is 1. The highest BCUT2D eigenvalue weighted by Gasteiger charge is 2.20. The van der Waals surface area contributed by atoms with Crippen molar-refractivity contribution in [1.82, 2.24) is 4.98 Å². The molecule has 0 atom stereocenters. The number of nitro benzene ring substituents is 1. The summed E-state index contributed by atoms with van der Waals surface area (Å²) in [4.78, 5) is 14.5. The minimum Gasteiger partial charge on any atom is -0.423 e. The second-order valence-electron chi connectivity index (χ2n) is 5.48. The van der Waals surface area contributed by atoms with E-state index >= 15 is 0 Å². The molecule has 0 bridgehead atoms. The number of non-ortho nitro benzene ring substituents is 1. The Morgan fingerprint density at radius 1 is 1.38 bits per heavy atom. The zero-order chi connectivity index (χ0) is 14.8. The van der Waals surface area contributed by atoms with Crippen LogP contribution in [-0.4, -0.2) is 27.7 Å². The number of anilines is 1. The van der Waals surface area contributed by atoms with E-state index in [0.29, 0.717) is 23.0 Å². The van der Waals surface area contributed by atoms with Gasteiger partial charge in [0, 0.05) is 12.6 Å². The van der Waals surface area contributed by atoms with E-state index in [4.69, 9.17) is 4.42 Å². The van der Waals surface area contributed by atoms with Crippen LogP contribution in [0.2, 0.25) is 0 Å². The van der Waals surface area contributed by atoms with Crippen LogP contribution in [0.3, 0.4) is 0 Å². The molecule has 1 aromatic heterocycles. The predicted octanol–water partition coefficient (Wildman–Crippen LogP) is 2.70. The summed E-state index contributed by atoms with van der Waals surface area (Å²) < 4.78 is 5.49. The first-order valence-corrected chi connectivity index (χ1v) is 7.09. The van der Waals surface area contributed by atoms with E-state index in [1.807, 2.05) is 0 Å². The molecule has 1 aliphatic carbocycles. The summed E-state index contributed by atoms with van der Waals surface area (Å²) in [5, 5.41) is 23.3. The summed E-state index contributed by atoms with van der Waals surface area (Å²) in [5.41, 5.74) is 0.999. The highest BCUT2D eigenvalue weighted by molar-refractivity contribution is 5.77. The van der Waals surface area contributed by atoms with Crippen molar-refractivity contribution in [3.05, 3.63) is 28.3 Å². The second kappa shape index (κ2) is 5.69. The number of hydrogen-bond donors (Lipinski definition) is 2. The normalized spacial score (nSPS) is 22.3. The third-order valence-corrected chi connectivity index (χ3v) is 3.94. The Labute approximate surface area is 121 Å². The third kappa shape index (κ3) is 3.13. The van der Waals surface area contributed by atoms with Gasteiger partial charge in [0.2, 0.25) is 0 Å². The van der Waals surface area contributed by atoms with Crippen molar-refractivity contribution in [3.8, 4) is 0 Å². The molecule has 3 rings (SSSR count). The molecule has 7 heteroatoms. The van der Waals surface area contributed by atoms with Crippen LogP contribution in [0.15, 0.2) is 22.6 Å². The number of rotatable bonds is 4. The molecule has 0 spiro atoms. The van der Waals surface area contributed by atoms with E-state index in [9.17, 15) is 15.2 Å². The average Bonchev–Trinajstić information content (AvgIpc) is 2.88. The molecule has 1 aliphatic rings. The standard InChI is InChI=1S/C14H17N3O4/c18-11-4-1-9(2-5-11)8-15-14-16-12-6-3-10(17(19)20)7-13(12)21-14/h3,6-7,9,11,18H,1-2,4-5,8H2,(H,15,16). The van der Waals surface area contributed by atoms with Gasteiger partial charge in [-0.05, 0) is 37.7 Å². The monoisotopic (exact) mass is 291 g/mol. The Morgan fingerprint density at radius 3 is 2.86 bits per heavy atom.